The van der Waals surface area contributed by atoms with Crippen molar-refractivity contribution < 1.29 is 9.90 Å². The van der Waals surface area contributed by atoms with E-state index in [1.807, 2.05) is 6.92 Å². The van der Waals surface area contributed by atoms with Crippen LogP contribution in [0.3, 0.4) is 0 Å². The largest absolute Gasteiger partial charge is 0.393 e. The summed E-state index contributed by atoms with van der Waals surface area (Å²) < 4.78 is 0. The molecule has 0 radical (unpaired) electrons. The zero-order valence-electron chi connectivity index (χ0n) is 22.8. The zero-order valence-corrected chi connectivity index (χ0v) is 22.8. The van der Waals surface area contributed by atoms with E-state index in [1.165, 1.54) is 51.4 Å². The summed E-state index contributed by atoms with van der Waals surface area (Å²) >= 11 is 0. The molecule has 34 heavy (non-hydrogen) atoms. The maximum atomic E-state index is 11.2. The van der Waals surface area contributed by atoms with Crippen molar-refractivity contribution >= 4 is 5.91 Å². The highest BCUT2D eigenvalue weighted by molar-refractivity contribution is 5.73. The van der Waals surface area contributed by atoms with Gasteiger partial charge >= 0.3 is 0 Å². The van der Waals surface area contributed by atoms with Crippen LogP contribution in [0.2, 0.25) is 0 Å². The summed E-state index contributed by atoms with van der Waals surface area (Å²) in [6.45, 7) is 12.5. The standard InChI is InChI=1S/C28H47NO2.C2H7N/c1-18(16-26(29)31)6-5-7-19(2)23-10-11-24-22-9-8-20-17-21(30)12-14-27(20,3)25(22)13-15-28(23,24)4;1-2-3/h8,18-19,21-25,30H,5-7,9-17H2,1-4H3,(H2,29,31);2-3H2,1H3/t18?,19?,21-,22-,23+,24-,25-,27-,28+;/m0./s1. The van der Waals surface area contributed by atoms with Gasteiger partial charge in [-0.15, -0.1) is 0 Å². The van der Waals surface area contributed by atoms with Gasteiger partial charge < -0.3 is 16.6 Å². The molecule has 9 atom stereocenters. The number of allylic oxidation sites excluding steroid dienone is 1. The number of aliphatic hydroxyl groups is 1. The Kier molecular flexibility index (Phi) is 9.34. The molecule has 4 heteroatoms. The van der Waals surface area contributed by atoms with Crippen LogP contribution in [-0.2, 0) is 4.79 Å². The fraction of sp³-hybridized carbons (Fsp3) is 0.900. The van der Waals surface area contributed by atoms with Crippen LogP contribution in [0.5, 0.6) is 0 Å². The number of nitrogens with two attached hydrogens (primary N) is 2. The molecular weight excluding hydrogens is 420 g/mol. The molecule has 2 unspecified atom stereocenters. The number of hydrogen-bond donors (Lipinski definition) is 3. The predicted octanol–water partition coefficient (Wildman–Crippen LogP) is 6.21. The minimum absolute atomic E-state index is 0.105. The summed E-state index contributed by atoms with van der Waals surface area (Å²) in [7, 11) is 0. The van der Waals surface area contributed by atoms with Crippen LogP contribution in [-0.4, -0.2) is 23.7 Å². The molecule has 0 bridgehead atoms. The van der Waals surface area contributed by atoms with E-state index in [0.717, 1.165) is 55.4 Å². The summed E-state index contributed by atoms with van der Waals surface area (Å²) in [5.41, 5.74) is 12.7. The van der Waals surface area contributed by atoms with Gasteiger partial charge in [-0.2, -0.15) is 0 Å². The smallest absolute Gasteiger partial charge is 0.217 e. The maximum absolute atomic E-state index is 11.2. The van der Waals surface area contributed by atoms with Crippen molar-refractivity contribution in [3.8, 4) is 0 Å². The zero-order chi connectivity index (χ0) is 25.1. The molecule has 0 aliphatic heterocycles. The van der Waals surface area contributed by atoms with Crippen LogP contribution >= 0.6 is 0 Å². The molecule has 1 amide bonds. The first-order chi connectivity index (χ1) is 16.1. The summed E-state index contributed by atoms with van der Waals surface area (Å²) in [6, 6.07) is 0. The maximum Gasteiger partial charge on any atom is 0.217 e. The molecule has 0 spiro atoms. The van der Waals surface area contributed by atoms with E-state index >= 15 is 0 Å². The fourth-order valence-corrected chi connectivity index (χ4v) is 9.05. The van der Waals surface area contributed by atoms with Crippen LogP contribution in [0, 0.1) is 46.3 Å². The molecule has 4 nitrogen and oxygen atoms in total. The number of aliphatic hydroxyl groups excluding tert-OH is 1. The summed E-state index contributed by atoms with van der Waals surface area (Å²) in [6.07, 6.45) is 16.6. The average molecular weight is 475 g/mol. The quantitative estimate of drug-likeness (QED) is 0.383. The van der Waals surface area contributed by atoms with Crippen LogP contribution in [0.4, 0.5) is 0 Å². The second kappa shape index (κ2) is 11.5. The minimum Gasteiger partial charge on any atom is -0.393 e. The molecule has 0 heterocycles. The minimum atomic E-state index is -0.158. The van der Waals surface area contributed by atoms with Crippen LogP contribution < -0.4 is 11.5 Å². The highest BCUT2D eigenvalue weighted by Gasteiger charge is 2.59. The summed E-state index contributed by atoms with van der Waals surface area (Å²) in [4.78, 5) is 11.2. The Hall–Kier alpha value is -0.870. The van der Waals surface area contributed by atoms with Crippen LogP contribution in [0.15, 0.2) is 11.6 Å². The van der Waals surface area contributed by atoms with E-state index in [9.17, 15) is 9.90 Å². The molecule has 0 aromatic rings. The van der Waals surface area contributed by atoms with Gasteiger partial charge in [-0.25, -0.2) is 0 Å². The van der Waals surface area contributed by atoms with Crippen molar-refractivity contribution in [2.24, 2.45) is 57.8 Å². The summed E-state index contributed by atoms with van der Waals surface area (Å²) in [5.74, 6) is 4.48. The monoisotopic (exact) mass is 474 g/mol. The Balaban J connectivity index is 0.00000103. The van der Waals surface area contributed by atoms with E-state index in [1.54, 1.807) is 5.57 Å². The Morgan fingerprint density at radius 3 is 2.50 bits per heavy atom. The van der Waals surface area contributed by atoms with Gasteiger partial charge in [-0.05, 0) is 104 Å². The SMILES string of the molecule is CC(CCCC(C)[C@H]1CC[C@H]2[C@@H]3CC=C4C[C@@H](O)CC[C@]4(C)[C@H]3CC[C@]12C)CC(N)=O.CCN. The van der Waals surface area contributed by atoms with Crippen LogP contribution in [0.25, 0.3) is 0 Å². The third-order valence-electron chi connectivity index (χ3n) is 10.7. The van der Waals surface area contributed by atoms with E-state index in [0.29, 0.717) is 23.2 Å². The van der Waals surface area contributed by atoms with E-state index in [4.69, 9.17) is 11.5 Å². The second-order valence-electron chi connectivity index (χ2n) is 13.0. The van der Waals surface area contributed by atoms with Gasteiger partial charge in [0, 0.05) is 6.42 Å². The van der Waals surface area contributed by atoms with E-state index in [2.05, 4.69) is 33.8 Å². The molecule has 4 aliphatic carbocycles. The van der Waals surface area contributed by atoms with E-state index in [-0.39, 0.29) is 12.0 Å². The van der Waals surface area contributed by atoms with Crippen molar-refractivity contribution in [2.45, 2.75) is 118 Å². The van der Waals surface area contributed by atoms with Crippen molar-refractivity contribution in [3.63, 3.8) is 0 Å². The molecule has 0 aromatic carbocycles. The molecule has 196 valence electrons. The first-order valence-electron chi connectivity index (χ1n) is 14.4. The van der Waals surface area contributed by atoms with E-state index < -0.39 is 0 Å². The van der Waals surface area contributed by atoms with Crippen molar-refractivity contribution in [1.82, 2.24) is 0 Å². The van der Waals surface area contributed by atoms with Crippen molar-refractivity contribution in [2.75, 3.05) is 6.54 Å². The number of amides is 1. The van der Waals surface area contributed by atoms with Gasteiger partial charge in [0.15, 0.2) is 0 Å². The van der Waals surface area contributed by atoms with Gasteiger partial charge in [0.1, 0.15) is 0 Å². The highest BCUT2D eigenvalue weighted by Crippen LogP contribution is 2.67. The summed E-state index contributed by atoms with van der Waals surface area (Å²) in [5, 5.41) is 10.2. The number of carbonyl (C=O) groups is 1. The van der Waals surface area contributed by atoms with Gasteiger partial charge in [0.05, 0.1) is 6.10 Å². The Labute approximate surface area is 209 Å². The number of primary amides is 1. The average Bonchev–Trinajstić information content (AvgIpc) is 3.11. The van der Waals surface area contributed by atoms with Gasteiger partial charge in [0.25, 0.3) is 0 Å². The molecule has 5 N–H and O–H groups in total. The second-order valence-corrected chi connectivity index (χ2v) is 13.0. The number of rotatable bonds is 7. The normalized spacial score (nSPS) is 40.6. The lowest BCUT2D eigenvalue weighted by Gasteiger charge is -2.58. The molecule has 3 saturated carbocycles. The lowest BCUT2D eigenvalue weighted by atomic mass is 9.47. The Bertz CT molecular complexity index is 721. The van der Waals surface area contributed by atoms with Gasteiger partial charge in [-0.1, -0.05) is 65.5 Å². The van der Waals surface area contributed by atoms with Gasteiger partial charge in [0.2, 0.25) is 5.91 Å². The fourth-order valence-electron chi connectivity index (χ4n) is 9.05. The predicted molar refractivity (Wildman–Crippen MR) is 142 cm³/mol. The molecule has 0 saturated heterocycles. The highest BCUT2D eigenvalue weighted by atomic mass is 16.3. The molecule has 4 aliphatic rings. The molecular formula is C30H54N2O2. The third kappa shape index (κ3) is 5.59. The Morgan fingerprint density at radius 1 is 1.12 bits per heavy atom. The Morgan fingerprint density at radius 2 is 1.82 bits per heavy atom. The number of fused-ring (bicyclic) bond motifs is 5. The third-order valence-corrected chi connectivity index (χ3v) is 10.7. The van der Waals surface area contributed by atoms with Crippen molar-refractivity contribution in [1.29, 1.82) is 0 Å². The topological polar surface area (TPSA) is 89.3 Å². The lowest BCUT2D eigenvalue weighted by molar-refractivity contribution is -0.118. The lowest BCUT2D eigenvalue weighted by Crippen LogP contribution is -2.50. The van der Waals surface area contributed by atoms with Crippen molar-refractivity contribution in [3.05, 3.63) is 11.6 Å². The van der Waals surface area contributed by atoms with Crippen LogP contribution in [0.1, 0.15) is 112 Å². The first kappa shape index (κ1) is 27.7. The molecule has 0 aromatic heterocycles. The molecule has 3 fully saturated rings. The molecule has 4 rings (SSSR count). The van der Waals surface area contributed by atoms with Gasteiger partial charge in [-0.3, -0.25) is 4.79 Å². The first-order valence-corrected chi connectivity index (χ1v) is 14.4. The number of carbonyl (C=O) groups excluding carboxylic acids is 1. The number of hydrogen-bond acceptors (Lipinski definition) is 3.